The van der Waals surface area contributed by atoms with Gasteiger partial charge in [0, 0.05) is 0 Å². The molecule has 0 unspecified atom stereocenters. The van der Waals surface area contributed by atoms with Crippen molar-refractivity contribution in [2.24, 2.45) is 5.92 Å². The van der Waals surface area contributed by atoms with Crippen molar-refractivity contribution in [1.29, 1.82) is 0 Å². The largest absolute Gasteiger partial charge is 0.103 e. The number of rotatable bonds is 4. The van der Waals surface area contributed by atoms with Crippen molar-refractivity contribution >= 4 is 0 Å². The van der Waals surface area contributed by atoms with Crippen LogP contribution in [0.3, 0.4) is 0 Å². The first-order valence-corrected chi connectivity index (χ1v) is 3.47. The van der Waals surface area contributed by atoms with Gasteiger partial charge in [0.2, 0.25) is 0 Å². The maximum absolute atomic E-state index is 3.75. The van der Waals surface area contributed by atoms with E-state index >= 15 is 0 Å². The smallest absolute Gasteiger partial charge is 0.0239 e. The Hall–Kier alpha value is -0.260. The molecule has 0 aliphatic rings. The third kappa shape index (κ3) is 2.84. The van der Waals surface area contributed by atoms with Gasteiger partial charge in [-0.25, -0.2) is 0 Å². The molecule has 0 aliphatic heterocycles. The first-order chi connectivity index (χ1) is 3.85. The van der Waals surface area contributed by atoms with Crippen LogP contribution >= 0.6 is 0 Å². The van der Waals surface area contributed by atoms with Crippen LogP contribution in [-0.2, 0) is 0 Å². The molecule has 0 heterocycles. The van der Waals surface area contributed by atoms with Gasteiger partial charge in [0.15, 0.2) is 0 Å². The van der Waals surface area contributed by atoms with Gasteiger partial charge in [-0.15, -0.1) is 6.58 Å². The molecule has 0 bridgehead atoms. The Morgan fingerprint density at radius 1 is 1.50 bits per heavy atom. The highest BCUT2D eigenvalue weighted by Crippen LogP contribution is 2.10. The van der Waals surface area contributed by atoms with Crippen LogP contribution in [-0.4, -0.2) is 0 Å². The van der Waals surface area contributed by atoms with E-state index < -0.39 is 0 Å². The van der Waals surface area contributed by atoms with Crippen LogP contribution in [0.15, 0.2) is 12.7 Å². The van der Waals surface area contributed by atoms with Crippen LogP contribution in [0.2, 0.25) is 0 Å². The van der Waals surface area contributed by atoms with Crippen molar-refractivity contribution in [3.63, 3.8) is 0 Å². The fourth-order valence-electron chi connectivity index (χ4n) is 0.859. The van der Waals surface area contributed by atoms with Crippen LogP contribution < -0.4 is 0 Å². The van der Waals surface area contributed by atoms with Gasteiger partial charge < -0.3 is 0 Å². The summed E-state index contributed by atoms with van der Waals surface area (Å²) in [7, 11) is 0. The van der Waals surface area contributed by atoms with E-state index in [2.05, 4.69) is 26.5 Å². The molecule has 0 aromatic rings. The molecule has 0 aromatic carbocycles. The molecule has 0 radical (unpaired) electrons. The molecule has 0 nitrogen and oxygen atoms in total. The SMILES string of the molecule is C=C[C@H](CC)CCC. The summed E-state index contributed by atoms with van der Waals surface area (Å²) >= 11 is 0. The van der Waals surface area contributed by atoms with E-state index in [1.54, 1.807) is 0 Å². The minimum Gasteiger partial charge on any atom is -0.103 e. The summed E-state index contributed by atoms with van der Waals surface area (Å²) < 4.78 is 0. The molecule has 0 rings (SSSR count). The van der Waals surface area contributed by atoms with Crippen LogP contribution in [0.25, 0.3) is 0 Å². The van der Waals surface area contributed by atoms with Crippen molar-refractivity contribution in [3.05, 3.63) is 12.7 Å². The van der Waals surface area contributed by atoms with E-state index in [1.165, 1.54) is 19.3 Å². The fourth-order valence-corrected chi connectivity index (χ4v) is 0.859. The van der Waals surface area contributed by atoms with E-state index in [4.69, 9.17) is 0 Å². The topological polar surface area (TPSA) is 0 Å². The molecule has 0 fully saturated rings. The summed E-state index contributed by atoms with van der Waals surface area (Å²) in [6.07, 6.45) is 5.89. The number of hydrogen-bond donors (Lipinski definition) is 0. The Labute approximate surface area is 52.6 Å². The molecule has 0 spiro atoms. The molecule has 0 amide bonds. The van der Waals surface area contributed by atoms with E-state index in [9.17, 15) is 0 Å². The van der Waals surface area contributed by atoms with Crippen molar-refractivity contribution in [3.8, 4) is 0 Å². The van der Waals surface area contributed by atoms with Crippen LogP contribution in [0.4, 0.5) is 0 Å². The number of allylic oxidation sites excluding steroid dienone is 1. The first-order valence-electron chi connectivity index (χ1n) is 3.47. The lowest BCUT2D eigenvalue weighted by atomic mass is 10.0. The molecule has 0 N–H and O–H groups in total. The first kappa shape index (κ1) is 7.74. The lowest BCUT2D eigenvalue weighted by Crippen LogP contribution is -1.90. The monoisotopic (exact) mass is 112 g/mol. The zero-order chi connectivity index (χ0) is 6.41. The molecule has 0 saturated heterocycles. The highest BCUT2D eigenvalue weighted by Gasteiger charge is 1.95. The van der Waals surface area contributed by atoms with Crippen LogP contribution in [0.5, 0.6) is 0 Å². The molecule has 0 saturated carbocycles. The number of hydrogen-bond acceptors (Lipinski definition) is 0. The average molecular weight is 112 g/mol. The van der Waals surface area contributed by atoms with Gasteiger partial charge in [-0.3, -0.25) is 0 Å². The predicted molar refractivity (Wildman–Crippen MR) is 38.9 cm³/mol. The highest BCUT2D eigenvalue weighted by molar-refractivity contribution is 4.76. The quantitative estimate of drug-likeness (QED) is 0.490. The van der Waals surface area contributed by atoms with Crippen molar-refractivity contribution in [2.45, 2.75) is 33.1 Å². The molecule has 0 heteroatoms. The summed E-state index contributed by atoms with van der Waals surface area (Å²) in [5.74, 6) is 0.764. The van der Waals surface area contributed by atoms with Gasteiger partial charge in [-0.1, -0.05) is 26.3 Å². The third-order valence-corrected chi connectivity index (χ3v) is 1.52. The Bertz CT molecular complexity index is 55.1. The molecule has 48 valence electrons. The Kier molecular flexibility index (Phi) is 4.73. The molecule has 0 aromatic heterocycles. The summed E-state index contributed by atoms with van der Waals surface area (Å²) in [4.78, 5) is 0. The molecule has 0 aliphatic carbocycles. The van der Waals surface area contributed by atoms with Crippen molar-refractivity contribution < 1.29 is 0 Å². The standard InChI is InChI=1S/C8H16/c1-4-7-8(5-2)6-3/h5,8H,2,4,6-7H2,1,3H3/t8-/m1/s1. The maximum Gasteiger partial charge on any atom is -0.0239 e. The van der Waals surface area contributed by atoms with Crippen molar-refractivity contribution in [1.82, 2.24) is 0 Å². The van der Waals surface area contributed by atoms with E-state index in [0.717, 1.165) is 5.92 Å². The maximum atomic E-state index is 3.75. The molecular formula is C8H16. The lowest BCUT2D eigenvalue weighted by Gasteiger charge is -2.04. The summed E-state index contributed by atoms with van der Waals surface area (Å²) in [6, 6.07) is 0. The second-order valence-electron chi connectivity index (χ2n) is 2.19. The Morgan fingerprint density at radius 3 is 2.25 bits per heavy atom. The van der Waals surface area contributed by atoms with Crippen molar-refractivity contribution in [2.75, 3.05) is 0 Å². The van der Waals surface area contributed by atoms with Gasteiger partial charge >= 0.3 is 0 Å². The zero-order valence-corrected chi connectivity index (χ0v) is 5.98. The molecule has 8 heavy (non-hydrogen) atoms. The van der Waals surface area contributed by atoms with E-state index in [0.29, 0.717) is 0 Å². The van der Waals surface area contributed by atoms with Gasteiger partial charge in [0.25, 0.3) is 0 Å². The van der Waals surface area contributed by atoms with Gasteiger partial charge in [0.1, 0.15) is 0 Å². The van der Waals surface area contributed by atoms with Gasteiger partial charge in [-0.2, -0.15) is 0 Å². The molecular weight excluding hydrogens is 96.1 g/mol. The van der Waals surface area contributed by atoms with E-state index in [1.807, 2.05) is 0 Å². The minimum atomic E-state index is 0.764. The summed E-state index contributed by atoms with van der Waals surface area (Å²) in [5.41, 5.74) is 0. The van der Waals surface area contributed by atoms with E-state index in [-0.39, 0.29) is 0 Å². The van der Waals surface area contributed by atoms with Gasteiger partial charge in [0.05, 0.1) is 0 Å². The minimum absolute atomic E-state index is 0.764. The third-order valence-electron chi connectivity index (χ3n) is 1.52. The zero-order valence-electron chi connectivity index (χ0n) is 5.98. The average Bonchev–Trinajstić information content (AvgIpc) is 1.83. The highest BCUT2D eigenvalue weighted by atomic mass is 14.0. The predicted octanol–water partition coefficient (Wildman–Crippen LogP) is 3.00. The second-order valence-corrected chi connectivity index (χ2v) is 2.19. The summed E-state index contributed by atoms with van der Waals surface area (Å²) in [6.45, 7) is 8.18. The Balaban J connectivity index is 3.21. The lowest BCUT2D eigenvalue weighted by molar-refractivity contribution is 0.564. The normalized spacial score (nSPS) is 13.2. The van der Waals surface area contributed by atoms with Crippen LogP contribution in [0.1, 0.15) is 33.1 Å². The second kappa shape index (κ2) is 4.89. The Morgan fingerprint density at radius 2 is 2.12 bits per heavy atom. The molecule has 1 atom stereocenters. The van der Waals surface area contributed by atoms with Gasteiger partial charge in [-0.05, 0) is 18.8 Å². The fraction of sp³-hybridized carbons (Fsp3) is 0.750. The summed E-state index contributed by atoms with van der Waals surface area (Å²) in [5, 5.41) is 0. The van der Waals surface area contributed by atoms with Crippen LogP contribution in [0, 0.1) is 5.92 Å².